The van der Waals surface area contributed by atoms with Crippen LogP contribution < -0.4 is 0 Å². The molecule has 1 N–H and O–H groups in total. The molecular formula is C16H30N2O4. The summed E-state index contributed by atoms with van der Waals surface area (Å²) in [5.41, 5.74) is 0. The molecule has 22 heavy (non-hydrogen) atoms. The van der Waals surface area contributed by atoms with Crippen molar-refractivity contribution in [2.24, 2.45) is 11.8 Å². The molecule has 1 saturated heterocycles. The summed E-state index contributed by atoms with van der Waals surface area (Å²) in [5, 5.41) is 7.00. The largest absolute Gasteiger partial charge is 0.400 e. The standard InChI is InChI=1S/C8H11NO2.C7H15NO.CH4O/c1-2-8(11)9-4-3-7(5-9)6-10;1-6(2)7(5-9)8(3)4;1-2/h2,6-7H,1,3-5H2;5-7H,1-4H3;2H,1H3. The first-order chi connectivity index (χ1) is 10.4. The van der Waals surface area contributed by atoms with Crippen LogP contribution in [0.5, 0.6) is 0 Å². The molecule has 0 radical (unpaired) electrons. The van der Waals surface area contributed by atoms with Crippen LogP contribution in [-0.2, 0) is 14.4 Å². The predicted octanol–water partition coefficient (Wildman–Crippen LogP) is 0.600. The number of likely N-dealkylation sites (N-methyl/N-ethyl adjacent to an activating group) is 1. The van der Waals surface area contributed by atoms with Crippen molar-refractivity contribution in [3.8, 4) is 0 Å². The summed E-state index contributed by atoms with van der Waals surface area (Å²) < 4.78 is 0. The van der Waals surface area contributed by atoms with Crippen molar-refractivity contribution in [1.29, 1.82) is 0 Å². The second-order valence-electron chi connectivity index (χ2n) is 5.51. The molecule has 0 aromatic carbocycles. The molecule has 0 bridgehead atoms. The summed E-state index contributed by atoms with van der Waals surface area (Å²) in [6, 6.07) is 0.0741. The highest BCUT2D eigenvalue weighted by molar-refractivity contribution is 5.87. The summed E-state index contributed by atoms with van der Waals surface area (Å²) in [6.07, 6.45) is 3.98. The predicted molar refractivity (Wildman–Crippen MR) is 87.5 cm³/mol. The topological polar surface area (TPSA) is 77.9 Å². The smallest absolute Gasteiger partial charge is 0.245 e. The zero-order valence-electron chi connectivity index (χ0n) is 14.4. The van der Waals surface area contributed by atoms with Crippen LogP contribution in [0.2, 0.25) is 0 Å². The second kappa shape index (κ2) is 13.2. The minimum absolute atomic E-state index is 0.0406. The van der Waals surface area contributed by atoms with Gasteiger partial charge in [0.2, 0.25) is 5.91 Å². The van der Waals surface area contributed by atoms with Gasteiger partial charge in [-0.15, -0.1) is 0 Å². The van der Waals surface area contributed by atoms with E-state index in [0.717, 1.165) is 26.1 Å². The van der Waals surface area contributed by atoms with Gasteiger partial charge < -0.3 is 19.6 Å². The minimum atomic E-state index is -0.0747. The van der Waals surface area contributed by atoms with Crippen molar-refractivity contribution in [3.63, 3.8) is 0 Å². The maximum atomic E-state index is 11.0. The van der Waals surface area contributed by atoms with Gasteiger partial charge in [0, 0.05) is 26.1 Å². The maximum Gasteiger partial charge on any atom is 0.245 e. The van der Waals surface area contributed by atoms with Crippen LogP contribution in [0.25, 0.3) is 0 Å². The summed E-state index contributed by atoms with van der Waals surface area (Å²) in [6.45, 7) is 8.71. The Labute approximate surface area is 133 Å². The molecular weight excluding hydrogens is 284 g/mol. The molecule has 2 unspecified atom stereocenters. The molecule has 1 rings (SSSR count). The average molecular weight is 314 g/mol. The number of nitrogens with zero attached hydrogens (tertiary/aromatic N) is 2. The van der Waals surface area contributed by atoms with Crippen LogP contribution in [0.1, 0.15) is 20.3 Å². The summed E-state index contributed by atoms with van der Waals surface area (Å²) in [7, 11) is 4.83. The Kier molecular flexibility index (Phi) is 13.6. The number of rotatable bonds is 5. The lowest BCUT2D eigenvalue weighted by Gasteiger charge is -2.21. The molecule has 1 aliphatic heterocycles. The lowest BCUT2D eigenvalue weighted by atomic mass is 10.1. The van der Waals surface area contributed by atoms with Crippen LogP contribution in [-0.4, -0.2) is 73.7 Å². The second-order valence-corrected chi connectivity index (χ2v) is 5.51. The van der Waals surface area contributed by atoms with E-state index in [9.17, 15) is 14.4 Å². The zero-order chi connectivity index (χ0) is 17.7. The summed E-state index contributed by atoms with van der Waals surface area (Å²) >= 11 is 0. The van der Waals surface area contributed by atoms with Gasteiger partial charge in [0.05, 0.1) is 6.04 Å². The molecule has 0 saturated carbocycles. The Morgan fingerprint density at radius 1 is 1.32 bits per heavy atom. The van der Waals surface area contributed by atoms with Crippen molar-refractivity contribution >= 4 is 18.5 Å². The van der Waals surface area contributed by atoms with Crippen LogP contribution in [0.3, 0.4) is 0 Å². The van der Waals surface area contributed by atoms with Crippen molar-refractivity contribution < 1.29 is 19.5 Å². The Morgan fingerprint density at radius 3 is 2.09 bits per heavy atom. The highest BCUT2D eigenvalue weighted by Gasteiger charge is 2.23. The normalized spacial score (nSPS) is 17.8. The van der Waals surface area contributed by atoms with Crippen LogP contribution in [0.15, 0.2) is 12.7 Å². The van der Waals surface area contributed by atoms with Gasteiger partial charge in [0.1, 0.15) is 12.6 Å². The third kappa shape index (κ3) is 8.69. The molecule has 0 aliphatic carbocycles. The molecule has 1 aliphatic rings. The van der Waals surface area contributed by atoms with Crippen LogP contribution >= 0.6 is 0 Å². The van der Waals surface area contributed by atoms with Crippen molar-refractivity contribution in [2.75, 3.05) is 34.3 Å². The molecule has 1 heterocycles. The lowest BCUT2D eigenvalue weighted by molar-refractivity contribution is -0.125. The summed E-state index contributed by atoms with van der Waals surface area (Å²) in [4.78, 5) is 35.2. The molecule has 1 fully saturated rings. The van der Waals surface area contributed by atoms with Crippen molar-refractivity contribution in [2.45, 2.75) is 26.3 Å². The van der Waals surface area contributed by atoms with Crippen molar-refractivity contribution in [1.82, 2.24) is 9.80 Å². The van der Waals surface area contributed by atoms with Crippen molar-refractivity contribution in [3.05, 3.63) is 12.7 Å². The van der Waals surface area contributed by atoms with E-state index in [1.165, 1.54) is 6.08 Å². The van der Waals surface area contributed by atoms with Gasteiger partial charge in [-0.2, -0.15) is 0 Å². The van der Waals surface area contributed by atoms with Gasteiger partial charge in [-0.25, -0.2) is 0 Å². The quantitative estimate of drug-likeness (QED) is 0.594. The van der Waals surface area contributed by atoms with E-state index in [1.54, 1.807) is 4.90 Å². The van der Waals surface area contributed by atoms with Gasteiger partial charge in [-0.1, -0.05) is 20.4 Å². The van der Waals surface area contributed by atoms with Gasteiger partial charge >= 0.3 is 0 Å². The molecule has 0 aromatic heterocycles. The van der Waals surface area contributed by atoms with E-state index in [2.05, 4.69) is 6.58 Å². The molecule has 1 amide bonds. The van der Waals surface area contributed by atoms with E-state index in [-0.39, 0.29) is 17.9 Å². The highest BCUT2D eigenvalue weighted by atomic mass is 16.2. The van der Waals surface area contributed by atoms with Gasteiger partial charge in [0.25, 0.3) is 0 Å². The third-order valence-electron chi connectivity index (χ3n) is 3.32. The number of aliphatic hydroxyl groups is 1. The molecule has 0 aromatic rings. The van der Waals surface area contributed by atoms with E-state index in [4.69, 9.17) is 5.11 Å². The first-order valence-electron chi connectivity index (χ1n) is 7.30. The Morgan fingerprint density at radius 2 is 1.86 bits per heavy atom. The SMILES string of the molecule is C=CC(=O)N1CCC(C=O)C1.CC(C)C(C=O)N(C)C.CO. The molecule has 6 heteroatoms. The van der Waals surface area contributed by atoms with E-state index >= 15 is 0 Å². The van der Waals surface area contributed by atoms with Gasteiger partial charge in [-0.05, 0) is 32.5 Å². The van der Waals surface area contributed by atoms with E-state index < -0.39 is 0 Å². The monoisotopic (exact) mass is 314 g/mol. The molecule has 2 atom stereocenters. The Balaban J connectivity index is 0. The highest BCUT2D eigenvalue weighted by Crippen LogP contribution is 2.13. The lowest BCUT2D eigenvalue weighted by Crippen LogP contribution is -2.33. The molecule has 6 nitrogen and oxygen atoms in total. The number of hydrogen-bond donors (Lipinski definition) is 1. The number of carbonyl (C=O) groups is 3. The summed E-state index contributed by atoms with van der Waals surface area (Å²) in [5.74, 6) is 0.380. The third-order valence-corrected chi connectivity index (χ3v) is 3.32. The first-order valence-corrected chi connectivity index (χ1v) is 7.30. The fourth-order valence-corrected chi connectivity index (χ4v) is 2.10. The molecule has 128 valence electrons. The van der Waals surface area contributed by atoms with Gasteiger partial charge in [-0.3, -0.25) is 9.69 Å². The van der Waals surface area contributed by atoms with Crippen LogP contribution in [0.4, 0.5) is 0 Å². The van der Waals surface area contributed by atoms with Crippen LogP contribution in [0, 0.1) is 11.8 Å². The maximum absolute atomic E-state index is 11.0. The van der Waals surface area contributed by atoms with E-state index in [0.29, 0.717) is 19.0 Å². The fraction of sp³-hybridized carbons (Fsp3) is 0.688. The Hall–Kier alpha value is -1.53. The minimum Gasteiger partial charge on any atom is -0.400 e. The Bertz CT molecular complexity index is 335. The number of aldehydes is 2. The molecule has 0 spiro atoms. The zero-order valence-corrected chi connectivity index (χ0v) is 14.4. The number of amides is 1. The number of carbonyl (C=O) groups excluding carboxylic acids is 3. The average Bonchev–Trinajstić information content (AvgIpc) is 2.98. The van der Waals surface area contributed by atoms with Gasteiger partial charge in [0.15, 0.2) is 0 Å². The fourth-order valence-electron chi connectivity index (χ4n) is 2.10. The number of likely N-dealkylation sites (tertiary alicyclic amines) is 1. The number of hydrogen-bond acceptors (Lipinski definition) is 5. The van der Waals surface area contributed by atoms with E-state index in [1.807, 2.05) is 32.8 Å². The first kappa shape index (κ1) is 22.7. The number of aliphatic hydroxyl groups excluding tert-OH is 1.